The Morgan fingerprint density at radius 1 is 1.15 bits per heavy atom. The molecule has 0 radical (unpaired) electrons. The molecule has 3 heteroatoms. The maximum absolute atomic E-state index is 4.08. The van der Waals surface area contributed by atoms with Crippen LogP contribution >= 0.6 is 0 Å². The third-order valence-electron chi connectivity index (χ3n) is 5.05. The van der Waals surface area contributed by atoms with Gasteiger partial charge in [0.2, 0.25) is 0 Å². The fraction of sp³-hybridized carbons (Fsp3) is 0.471. The third-order valence-corrected chi connectivity index (χ3v) is 5.05. The van der Waals surface area contributed by atoms with E-state index in [2.05, 4.69) is 34.6 Å². The molecule has 2 bridgehead atoms. The molecule has 1 aromatic heterocycles. The molecule has 4 rings (SSSR count). The van der Waals surface area contributed by atoms with Crippen LogP contribution in [0, 0.1) is 11.8 Å². The van der Waals surface area contributed by atoms with Crippen molar-refractivity contribution < 1.29 is 0 Å². The lowest BCUT2D eigenvalue weighted by molar-refractivity contribution is 0.351. The number of nitrogens with zero attached hydrogens (tertiary/aromatic N) is 2. The summed E-state index contributed by atoms with van der Waals surface area (Å²) in [5.74, 6) is 1.96. The van der Waals surface area contributed by atoms with Crippen LogP contribution < -0.4 is 5.32 Å². The van der Waals surface area contributed by atoms with Gasteiger partial charge < -0.3 is 9.88 Å². The average Bonchev–Trinajstić information content (AvgIpc) is 3.22. The van der Waals surface area contributed by atoms with E-state index in [4.69, 9.17) is 0 Å². The minimum atomic E-state index is 0.766. The first-order valence-electron chi connectivity index (χ1n) is 7.69. The topological polar surface area (TPSA) is 29.9 Å². The first-order chi connectivity index (χ1) is 9.88. The zero-order valence-corrected chi connectivity index (χ0v) is 11.7. The van der Waals surface area contributed by atoms with Crippen LogP contribution in [-0.4, -0.2) is 15.6 Å². The largest absolute Gasteiger partial charge is 0.310 e. The van der Waals surface area contributed by atoms with E-state index in [0.29, 0.717) is 0 Å². The fourth-order valence-electron chi connectivity index (χ4n) is 3.94. The summed E-state index contributed by atoms with van der Waals surface area (Å²) in [6, 6.07) is 9.53. The summed E-state index contributed by atoms with van der Waals surface area (Å²) in [7, 11) is 0. The van der Waals surface area contributed by atoms with Gasteiger partial charge in [-0.15, -0.1) is 0 Å². The molecule has 104 valence electrons. The number of fused-ring (bicyclic) bond motifs is 2. The Hall–Kier alpha value is -1.61. The molecule has 20 heavy (non-hydrogen) atoms. The minimum absolute atomic E-state index is 0.766. The molecule has 3 unspecified atom stereocenters. The standard InChI is InChI=1S/C17H21N3/c1-4-15-9-14(1)10-17(15)19-11-13-2-5-16(6-3-13)20-8-7-18-12-20/h2-3,5-8,12,14-15,17,19H,1,4,9-11H2. The Morgan fingerprint density at radius 3 is 2.70 bits per heavy atom. The second kappa shape index (κ2) is 5.06. The van der Waals surface area contributed by atoms with Crippen LogP contribution in [0.5, 0.6) is 0 Å². The molecule has 0 spiro atoms. The average molecular weight is 267 g/mol. The van der Waals surface area contributed by atoms with E-state index in [1.54, 1.807) is 0 Å². The maximum Gasteiger partial charge on any atom is 0.0991 e. The summed E-state index contributed by atoms with van der Waals surface area (Å²) in [6.07, 6.45) is 11.4. The number of rotatable bonds is 4. The quantitative estimate of drug-likeness (QED) is 0.922. The number of imidazole rings is 1. The molecule has 2 aliphatic carbocycles. The highest BCUT2D eigenvalue weighted by Crippen LogP contribution is 2.44. The van der Waals surface area contributed by atoms with Crippen LogP contribution in [0.3, 0.4) is 0 Å². The Labute approximate surface area is 120 Å². The van der Waals surface area contributed by atoms with Crippen LogP contribution in [0.25, 0.3) is 5.69 Å². The molecule has 3 atom stereocenters. The van der Waals surface area contributed by atoms with Crippen LogP contribution in [0.15, 0.2) is 43.0 Å². The highest BCUT2D eigenvalue weighted by Gasteiger charge is 2.38. The van der Waals surface area contributed by atoms with E-state index >= 15 is 0 Å². The lowest BCUT2D eigenvalue weighted by Gasteiger charge is -2.23. The van der Waals surface area contributed by atoms with Crippen molar-refractivity contribution in [3.05, 3.63) is 48.5 Å². The molecule has 1 aromatic carbocycles. The second-order valence-corrected chi connectivity index (χ2v) is 6.30. The highest BCUT2D eigenvalue weighted by atomic mass is 15.0. The van der Waals surface area contributed by atoms with Crippen molar-refractivity contribution in [3.63, 3.8) is 0 Å². The van der Waals surface area contributed by atoms with Gasteiger partial charge in [-0.25, -0.2) is 4.98 Å². The van der Waals surface area contributed by atoms with E-state index in [9.17, 15) is 0 Å². The van der Waals surface area contributed by atoms with Crippen molar-refractivity contribution in [3.8, 4) is 5.69 Å². The first-order valence-corrected chi connectivity index (χ1v) is 7.69. The summed E-state index contributed by atoms with van der Waals surface area (Å²) in [5.41, 5.74) is 2.54. The predicted octanol–water partition coefficient (Wildman–Crippen LogP) is 3.15. The molecular formula is C17H21N3. The second-order valence-electron chi connectivity index (χ2n) is 6.30. The molecule has 1 heterocycles. The first kappa shape index (κ1) is 12.2. The lowest BCUT2D eigenvalue weighted by Crippen LogP contribution is -2.33. The Kier molecular flexibility index (Phi) is 3.07. The van der Waals surface area contributed by atoms with E-state index in [0.717, 1.165) is 24.4 Å². The van der Waals surface area contributed by atoms with Crippen LogP contribution in [0.2, 0.25) is 0 Å². The lowest BCUT2D eigenvalue weighted by atomic mass is 9.95. The predicted molar refractivity (Wildman–Crippen MR) is 79.6 cm³/mol. The number of benzene rings is 1. The van der Waals surface area contributed by atoms with E-state index in [1.165, 1.54) is 36.9 Å². The molecule has 1 N–H and O–H groups in total. The SMILES string of the molecule is c1cn(-c2ccc(CNC3CC4CCC3C4)cc2)cn1. The van der Waals surface area contributed by atoms with Crippen LogP contribution in [-0.2, 0) is 6.54 Å². The Bertz CT molecular complexity index is 558. The van der Waals surface area contributed by atoms with Gasteiger partial charge in [-0.3, -0.25) is 0 Å². The summed E-state index contributed by atoms with van der Waals surface area (Å²) in [5, 5.41) is 3.76. The molecule has 0 aliphatic heterocycles. The van der Waals surface area contributed by atoms with E-state index in [-0.39, 0.29) is 0 Å². The van der Waals surface area contributed by atoms with E-state index < -0.39 is 0 Å². The summed E-state index contributed by atoms with van der Waals surface area (Å²) >= 11 is 0. The van der Waals surface area contributed by atoms with Crippen molar-refractivity contribution in [2.45, 2.75) is 38.3 Å². The van der Waals surface area contributed by atoms with Gasteiger partial charge in [0, 0.05) is 30.7 Å². The number of aromatic nitrogens is 2. The molecule has 2 aliphatic rings. The zero-order chi connectivity index (χ0) is 13.4. The Morgan fingerprint density at radius 2 is 2.05 bits per heavy atom. The van der Waals surface area contributed by atoms with Gasteiger partial charge in [0.25, 0.3) is 0 Å². The fourth-order valence-corrected chi connectivity index (χ4v) is 3.94. The van der Waals surface area contributed by atoms with Gasteiger partial charge in [-0.05, 0) is 48.8 Å². The zero-order valence-electron chi connectivity index (χ0n) is 11.7. The molecule has 2 fully saturated rings. The van der Waals surface area contributed by atoms with Crippen molar-refractivity contribution in [1.82, 2.24) is 14.9 Å². The number of nitrogens with one attached hydrogen (secondary N) is 1. The summed E-state index contributed by atoms with van der Waals surface area (Å²) < 4.78 is 2.03. The molecule has 0 saturated heterocycles. The minimum Gasteiger partial charge on any atom is -0.310 e. The van der Waals surface area contributed by atoms with E-state index in [1.807, 2.05) is 23.3 Å². The highest BCUT2D eigenvalue weighted by molar-refractivity contribution is 5.34. The van der Waals surface area contributed by atoms with Gasteiger partial charge in [0.15, 0.2) is 0 Å². The molecule has 2 aromatic rings. The van der Waals surface area contributed by atoms with Crippen LogP contribution in [0.1, 0.15) is 31.2 Å². The Balaban J connectivity index is 1.37. The maximum atomic E-state index is 4.08. The number of hydrogen-bond donors (Lipinski definition) is 1. The van der Waals surface area contributed by atoms with Gasteiger partial charge in [-0.2, -0.15) is 0 Å². The normalized spacial score (nSPS) is 28.1. The van der Waals surface area contributed by atoms with Gasteiger partial charge in [0.1, 0.15) is 0 Å². The molecule has 2 saturated carbocycles. The summed E-state index contributed by atoms with van der Waals surface area (Å²) in [6.45, 7) is 0.998. The van der Waals surface area contributed by atoms with Crippen molar-refractivity contribution >= 4 is 0 Å². The van der Waals surface area contributed by atoms with Crippen LogP contribution in [0.4, 0.5) is 0 Å². The van der Waals surface area contributed by atoms with Crippen molar-refractivity contribution in [1.29, 1.82) is 0 Å². The van der Waals surface area contributed by atoms with Crippen molar-refractivity contribution in [2.75, 3.05) is 0 Å². The van der Waals surface area contributed by atoms with Gasteiger partial charge >= 0.3 is 0 Å². The van der Waals surface area contributed by atoms with Crippen molar-refractivity contribution in [2.24, 2.45) is 11.8 Å². The summed E-state index contributed by atoms with van der Waals surface area (Å²) in [4.78, 5) is 4.08. The monoisotopic (exact) mass is 267 g/mol. The molecular weight excluding hydrogens is 246 g/mol. The molecule has 3 nitrogen and oxygen atoms in total. The smallest absolute Gasteiger partial charge is 0.0991 e. The molecule has 0 amide bonds. The number of hydrogen-bond acceptors (Lipinski definition) is 2. The third kappa shape index (κ3) is 2.27. The van der Waals surface area contributed by atoms with Gasteiger partial charge in [-0.1, -0.05) is 18.6 Å². The van der Waals surface area contributed by atoms with Gasteiger partial charge in [0.05, 0.1) is 6.33 Å².